The van der Waals surface area contributed by atoms with Crippen LogP contribution in [0.3, 0.4) is 0 Å². The average Bonchev–Trinajstić information content (AvgIpc) is 2.66. The molecular formula is C18H25N3. The van der Waals surface area contributed by atoms with Gasteiger partial charge in [0.2, 0.25) is 0 Å². The second kappa shape index (κ2) is 5.64. The van der Waals surface area contributed by atoms with E-state index < -0.39 is 0 Å². The van der Waals surface area contributed by atoms with Crippen LogP contribution in [0.15, 0.2) is 24.3 Å². The van der Waals surface area contributed by atoms with Crippen LogP contribution in [0.25, 0.3) is 0 Å². The molecule has 0 radical (unpaired) electrons. The third-order valence-corrected chi connectivity index (χ3v) is 4.99. The van der Waals surface area contributed by atoms with E-state index in [1.807, 2.05) is 18.8 Å². The number of nitrogens with zero attached hydrogens (tertiary/aromatic N) is 2. The molecule has 3 heteroatoms. The van der Waals surface area contributed by atoms with Gasteiger partial charge in [-0.25, -0.2) is 0 Å². The summed E-state index contributed by atoms with van der Waals surface area (Å²) >= 11 is 0. The van der Waals surface area contributed by atoms with Crippen molar-refractivity contribution in [3.8, 4) is 0 Å². The predicted octanol–water partition coefficient (Wildman–Crippen LogP) is 3.61. The van der Waals surface area contributed by atoms with E-state index in [2.05, 4.69) is 48.5 Å². The maximum Gasteiger partial charge on any atom is 0.0647 e. The number of hydrogen-bond acceptors (Lipinski definition) is 2. The van der Waals surface area contributed by atoms with Crippen molar-refractivity contribution in [2.75, 3.05) is 7.05 Å². The van der Waals surface area contributed by atoms with Gasteiger partial charge in [-0.2, -0.15) is 5.10 Å². The fourth-order valence-corrected chi connectivity index (χ4v) is 3.39. The van der Waals surface area contributed by atoms with Crippen molar-refractivity contribution < 1.29 is 0 Å². The molecule has 1 aliphatic rings. The zero-order chi connectivity index (χ0) is 15.0. The summed E-state index contributed by atoms with van der Waals surface area (Å²) in [4.78, 5) is 0. The standard InChI is InChI=1S/C18H25N3/c1-12-17(13(2)21(4)20-12)18(19-3)16-10-8-15(9-11-16)14-6-5-7-14/h8-11,14,18-19H,5-7H2,1-4H3. The van der Waals surface area contributed by atoms with Crippen molar-refractivity contribution in [3.63, 3.8) is 0 Å². The minimum Gasteiger partial charge on any atom is -0.309 e. The molecule has 1 aromatic carbocycles. The first-order valence-corrected chi connectivity index (χ1v) is 7.89. The van der Waals surface area contributed by atoms with Gasteiger partial charge in [0.25, 0.3) is 0 Å². The number of aryl methyl sites for hydroxylation is 2. The zero-order valence-corrected chi connectivity index (χ0v) is 13.5. The summed E-state index contributed by atoms with van der Waals surface area (Å²) in [6.45, 7) is 4.23. The van der Waals surface area contributed by atoms with Crippen LogP contribution < -0.4 is 5.32 Å². The van der Waals surface area contributed by atoms with Crippen LogP contribution in [-0.4, -0.2) is 16.8 Å². The smallest absolute Gasteiger partial charge is 0.0647 e. The topological polar surface area (TPSA) is 29.9 Å². The van der Waals surface area contributed by atoms with E-state index in [-0.39, 0.29) is 6.04 Å². The summed E-state index contributed by atoms with van der Waals surface area (Å²) < 4.78 is 1.97. The highest BCUT2D eigenvalue weighted by molar-refractivity contribution is 5.38. The molecule has 3 rings (SSSR count). The van der Waals surface area contributed by atoms with Gasteiger partial charge in [-0.05, 0) is 50.8 Å². The lowest BCUT2D eigenvalue weighted by Gasteiger charge is -2.26. The van der Waals surface area contributed by atoms with Crippen molar-refractivity contribution >= 4 is 0 Å². The summed E-state index contributed by atoms with van der Waals surface area (Å²) in [5, 5.41) is 8.00. The molecule has 1 unspecified atom stereocenters. The molecule has 1 fully saturated rings. The van der Waals surface area contributed by atoms with E-state index in [4.69, 9.17) is 0 Å². The summed E-state index contributed by atoms with van der Waals surface area (Å²) in [6.07, 6.45) is 4.10. The van der Waals surface area contributed by atoms with Crippen LogP contribution >= 0.6 is 0 Å². The van der Waals surface area contributed by atoms with Gasteiger partial charge < -0.3 is 5.32 Å². The molecule has 0 spiro atoms. The molecule has 0 amide bonds. The number of rotatable bonds is 4. The van der Waals surface area contributed by atoms with Crippen molar-refractivity contribution in [3.05, 3.63) is 52.3 Å². The molecule has 0 saturated heterocycles. The Labute approximate surface area is 127 Å². The minimum absolute atomic E-state index is 0.217. The van der Waals surface area contributed by atoms with Crippen molar-refractivity contribution in [2.24, 2.45) is 7.05 Å². The van der Waals surface area contributed by atoms with E-state index in [1.165, 1.54) is 41.6 Å². The molecule has 21 heavy (non-hydrogen) atoms. The molecule has 0 aliphatic heterocycles. The first-order chi connectivity index (χ1) is 10.1. The Kier molecular flexibility index (Phi) is 3.85. The van der Waals surface area contributed by atoms with E-state index in [9.17, 15) is 0 Å². The van der Waals surface area contributed by atoms with Crippen molar-refractivity contribution in [2.45, 2.75) is 45.1 Å². The number of nitrogens with one attached hydrogen (secondary N) is 1. The van der Waals surface area contributed by atoms with Crippen LogP contribution in [0.5, 0.6) is 0 Å². The molecule has 1 N–H and O–H groups in total. The molecule has 112 valence electrons. The molecule has 3 nitrogen and oxygen atoms in total. The van der Waals surface area contributed by atoms with E-state index >= 15 is 0 Å². The Morgan fingerprint density at radius 2 is 1.86 bits per heavy atom. The zero-order valence-electron chi connectivity index (χ0n) is 13.5. The van der Waals surface area contributed by atoms with Crippen LogP contribution in [0.2, 0.25) is 0 Å². The lowest BCUT2D eigenvalue weighted by atomic mass is 9.79. The van der Waals surface area contributed by atoms with Gasteiger partial charge in [-0.15, -0.1) is 0 Å². The van der Waals surface area contributed by atoms with Crippen LogP contribution in [0, 0.1) is 13.8 Å². The summed E-state index contributed by atoms with van der Waals surface area (Å²) in [5.74, 6) is 0.800. The quantitative estimate of drug-likeness (QED) is 0.929. The van der Waals surface area contributed by atoms with Crippen LogP contribution in [0.4, 0.5) is 0 Å². The van der Waals surface area contributed by atoms with Gasteiger partial charge >= 0.3 is 0 Å². The Hall–Kier alpha value is -1.61. The highest BCUT2D eigenvalue weighted by atomic mass is 15.3. The first-order valence-electron chi connectivity index (χ1n) is 7.89. The maximum absolute atomic E-state index is 4.55. The van der Waals surface area contributed by atoms with Gasteiger partial charge in [0.15, 0.2) is 0 Å². The predicted molar refractivity (Wildman–Crippen MR) is 86.6 cm³/mol. The van der Waals surface area contributed by atoms with Crippen molar-refractivity contribution in [1.82, 2.24) is 15.1 Å². The fourth-order valence-electron chi connectivity index (χ4n) is 3.39. The van der Waals surface area contributed by atoms with Gasteiger partial charge in [0.1, 0.15) is 0 Å². The average molecular weight is 283 g/mol. The number of benzene rings is 1. The Morgan fingerprint density at radius 1 is 1.19 bits per heavy atom. The molecular weight excluding hydrogens is 258 g/mol. The van der Waals surface area contributed by atoms with Gasteiger partial charge in [0.05, 0.1) is 11.7 Å². The van der Waals surface area contributed by atoms with Gasteiger partial charge in [-0.1, -0.05) is 30.7 Å². The molecule has 1 aromatic heterocycles. The third kappa shape index (κ3) is 2.51. The van der Waals surface area contributed by atoms with Crippen LogP contribution in [-0.2, 0) is 7.05 Å². The summed E-state index contributed by atoms with van der Waals surface area (Å²) in [5.41, 5.74) is 6.46. The fraction of sp³-hybridized carbons (Fsp3) is 0.500. The summed E-state index contributed by atoms with van der Waals surface area (Å²) in [6, 6.07) is 9.39. The Morgan fingerprint density at radius 3 is 2.29 bits per heavy atom. The minimum atomic E-state index is 0.217. The van der Waals surface area contributed by atoms with E-state index in [0.717, 1.165) is 11.6 Å². The van der Waals surface area contributed by atoms with Crippen LogP contribution in [0.1, 0.15) is 59.3 Å². The third-order valence-electron chi connectivity index (χ3n) is 4.99. The van der Waals surface area contributed by atoms with E-state index in [0.29, 0.717) is 0 Å². The largest absolute Gasteiger partial charge is 0.309 e. The molecule has 0 bridgehead atoms. The lowest BCUT2D eigenvalue weighted by Crippen LogP contribution is -2.19. The van der Waals surface area contributed by atoms with Gasteiger partial charge in [-0.3, -0.25) is 4.68 Å². The molecule has 1 heterocycles. The normalized spacial score (nSPS) is 16.8. The Bertz CT molecular complexity index is 621. The SMILES string of the molecule is CNC(c1ccc(C2CCC2)cc1)c1c(C)nn(C)c1C. The highest BCUT2D eigenvalue weighted by Gasteiger charge is 2.22. The molecule has 1 aliphatic carbocycles. The maximum atomic E-state index is 4.55. The van der Waals surface area contributed by atoms with E-state index in [1.54, 1.807) is 0 Å². The second-order valence-electron chi connectivity index (χ2n) is 6.22. The number of hydrogen-bond donors (Lipinski definition) is 1. The molecule has 1 atom stereocenters. The monoisotopic (exact) mass is 283 g/mol. The number of aromatic nitrogens is 2. The molecule has 2 aromatic rings. The lowest BCUT2D eigenvalue weighted by molar-refractivity contribution is 0.419. The van der Waals surface area contributed by atoms with Gasteiger partial charge in [0, 0.05) is 18.3 Å². The first kappa shape index (κ1) is 14.3. The molecule has 1 saturated carbocycles. The second-order valence-corrected chi connectivity index (χ2v) is 6.22. The highest BCUT2D eigenvalue weighted by Crippen LogP contribution is 2.37. The summed E-state index contributed by atoms with van der Waals surface area (Å²) in [7, 11) is 4.04. The Balaban J connectivity index is 1.92. The van der Waals surface area contributed by atoms with Crippen molar-refractivity contribution in [1.29, 1.82) is 0 Å².